The lowest BCUT2D eigenvalue weighted by Gasteiger charge is -2.16. The highest BCUT2D eigenvalue weighted by atomic mass is 32.2. The van der Waals surface area contributed by atoms with Crippen molar-refractivity contribution < 1.29 is 12.8 Å². The molecule has 1 aromatic heterocycles. The van der Waals surface area contributed by atoms with Gasteiger partial charge in [-0.05, 0) is 12.6 Å². The minimum atomic E-state index is -3.18. The van der Waals surface area contributed by atoms with E-state index in [1.807, 2.05) is 6.92 Å². The van der Waals surface area contributed by atoms with Gasteiger partial charge in [-0.2, -0.15) is 0 Å². The maximum Gasteiger partial charge on any atom is 0.215 e. The Kier molecular flexibility index (Phi) is 4.98. The van der Waals surface area contributed by atoms with E-state index in [0.29, 0.717) is 13.1 Å². The first-order valence-corrected chi connectivity index (χ1v) is 6.83. The molecule has 0 fully saturated rings. The molecule has 1 rings (SSSR count). The number of furan rings is 1. The monoisotopic (exact) mass is 246 g/mol. The summed E-state index contributed by atoms with van der Waals surface area (Å²) in [5, 5.41) is 2.99. The third kappa shape index (κ3) is 3.96. The minimum absolute atomic E-state index is 0.120. The molecule has 0 aromatic carbocycles. The summed E-state index contributed by atoms with van der Waals surface area (Å²) >= 11 is 0. The van der Waals surface area contributed by atoms with E-state index in [9.17, 15) is 8.42 Å². The first-order chi connectivity index (χ1) is 7.56. The van der Waals surface area contributed by atoms with E-state index in [1.165, 1.54) is 10.6 Å². The highest BCUT2D eigenvalue weighted by molar-refractivity contribution is 7.89. The van der Waals surface area contributed by atoms with Gasteiger partial charge in [0.2, 0.25) is 10.0 Å². The van der Waals surface area contributed by atoms with Gasteiger partial charge in [0, 0.05) is 25.7 Å². The van der Waals surface area contributed by atoms with Crippen molar-refractivity contribution in [2.24, 2.45) is 0 Å². The zero-order valence-corrected chi connectivity index (χ0v) is 10.5. The van der Waals surface area contributed by atoms with Crippen LogP contribution in [-0.2, 0) is 16.6 Å². The molecule has 0 radical (unpaired) electrons. The molecule has 16 heavy (non-hydrogen) atoms. The molecule has 0 amide bonds. The second kappa shape index (κ2) is 6.03. The summed E-state index contributed by atoms with van der Waals surface area (Å²) in [4.78, 5) is 0. The Hall–Kier alpha value is -0.850. The van der Waals surface area contributed by atoms with Crippen molar-refractivity contribution in [2.45, 2.75) is 13.5 Å². The van der Waals surface area contributed by atoms with E-state index in [2.05, 4.69) is 5.32 Å². The smallest absolute Gasteiger partial charge is 0.215 e. The van der Waals surface area contributed by atoms with Crippen molar-refractivity contribution >= 4 is 10.0 Å². The third-order valence-corrected chi connectivity index (χ3v) is 4.05. The zero-order valence-electron chi connectivity index (χ0n) is 9.64. The second-order valence-electron chi connectivity index (χ2n) is 3.56. The fraction of sp³-hybridized carbons (Fsp3) is 0.600. The van der Waals surface area contributed by atoms with Crippen LogP contribution in [0.25, 0.3) is 0 Å². The van der Waals surface area contributed by atoms with E-state index in [1.54, 1.807) is 19.4 Å². The topological polar surface area (TPSA) is 62.6 Å². The van der Waals surface area contributed by atoms with E-state index in [0.717, 1.165) is 12.1 Å². The van der Waals surface area contributed by atoms with Crippen LogP contribution in [0.2, 0.25) is 0 Å². The summed E-state index contributed by atoms with van der Waals surface area (Å²) in [5.74, 6) is 0.120. The van der Waals surface area contributed by atoms with E-state index in [4.69, 9.17) is 4.42 Å². The summed E-state index contributed by atoms with van der Waals surface area (Å²) in [6.45, 7) is 3.56. The summed E-state index contributed by atoms with van der Waals surface area (Å²) in [6, 6.07) is 1.76. The van der Waals surface area contributed by atoms with Gasteiger partial charge in [0.25, 0.3) is 0 Å². The van der Waals surface area contributed by atoms with Crippen LogP contribution in [0, 0.1) is 0 Å². The number of nitrogens with zero attached hydrogens (tertiary/aromatic N) is 1. The van der Waals surface area contributed by atoms with Crippen molar-refractivity contribution in [3.63, 3.8) is 0 Å². The molecule has 0 aliphatic rings. The summed E-state index contributed by atoms with van der Waals surface area (Å²) in [6.07, 6.45) is 3.09. The Bertz CT molecular complexity index is 386. The molecule has 0 saturated heterocycles. The lowest BCUT2D eigenvalue weighted by Crippen LogP contribution is -2.33. The maximum absolute atomic E-state index is 11.8. The highest BCUT2D eigenvalue weighted by Crippen LogP contribution is 2.07. The standard InChI is InChI=1S/C10H18N2O3S/c1-3-11-5-7-16(13,14)12(2)8-10-4-6-15-9-10/h4,6,9,11H,3,5,7-8H2,1-2H3. The summed E-state index contributed by atoms with van der Waals surface area (Å²) in [5.41, 5.74) is 0.856. The molecule has 92 valence electrons. The van der Waals surface area contributed by atoms with Crippen molar-refractivity contribution in [1.29, 1.82) is 0 Å². The SMILES string of the molecule is CCNCCS(=O)(=O)N(C)Cc1ccoc1. The molecule has 0 unspecified atom stereocenters. The summed E-state index contributed by atoms with van der Waals surface area (Å²) < 4.78 is 29.8. The van der Waals surface area contributed by atoms with Crippen LogP contribution in [0.5, 0.6) is 0 Å². The molecule has 5 nitrogen and oxygen atoms in total. The maximum atomic E-state index is 11.8. The molecule has 0 aliphatic carbocycles. The van der Waals surface area contributed by atoms with Crippen molar-refractivity contribution in [3.8, 4) is 0 Å². The lowest BCUT2D eigenvalue weighted by atomic mass is 10.3. The highest BCUT2D eigenvalue weighted by Gasteiger charge is 2.17. The van der Waals surface area contributed by atoms with E-state index >= 15 is 0 Å². The van der Waals surface area contributed by atoms with Crippen molar-refractivity contribution in [1.82, 2.24) is 9.62 Å². The van der Waals surface area contributed by atoms with Gasteiger partial charge in [-0.15, -0.1) is 0 Å². The number of hydrogen-bond donors (Lipinski definition) is 1. The molecule has 1 N–H and O–H groups in total. The largest absolute Gasteiger partial charge is 0.472 e. The van der Waals surface area contributed by atoms with Crippen LogP contribution in [0.1, 0.15) is 12.5 Å². The van der Waals surface area contributed by atoms with Crippen LogP contribution in [0.3, 0.4) is 0 Å². The zero-order chi connectivity index (χ0) is 12.0. The van der Waals surface area contributed by atoms with Crippen LogP contribution >= 0.6 is 0 Å². The van der Waals surface area contributed by atoms with Gasteiger partial charge in [-0.25, -0.2) is 12.7 Å². The Morgan fingerprint density at radius 2 is 2.25 bits per heavy atom. The van der Waals surface area contributed by atoms with E-state index < -0.39 is 10.0 Å². The summed E-state index contributed by atoms with van der Waals surface area (Å²) in [7, 11) is -1.60. The average Bonchev–Trinajstić information content (AvgIpc) is 2.70. The molecular weight excluding hydrogens is 228 g/mol. The average molecular weight is 246 g/mol. The lowest BCUT2D eigenvalue weighted by molar-refractivity contribution is 0.462. The fourth-order valence-electron chi connectivity index (χ4n) is 1.27. The normalized spacial score (nSPS) is 12.2. The molecule has 0 atom stereocenters. The number of sulfonamides is 1. The minimum Gasteiger partial charge on any atom is -0.472 e. The predicted molar refractivity (Wildman–Crippen MR) is 62.5 cm³/mol. The van der Waals surface area contributed by atoms with Crippen LogP contribution < -0.4 is 5.32 Å². The number of nitrogens with one attached hydrogen (secondary N) is 1. The Morgan fingerprint density at radius 1 is 1.50 bits per heavy atom. The second-order valence-corrected chi connectivity index (χ2v) is 5.75. The van der Waals surface area contributed by atoms with Crippen LogP contribution in [0.15, 0.2) is 23.0 Å². The molecule has 1 heterocycles. The molecule has 0 bridgehead atoms. The third-order valence-electron chi connectivity index (χ3n) is 2.25. The molecule has 1 aromatic rings. The van der Waals surface area contributed by atoms with Crippen molar-refractivity contribution in [2.75, 3.05) is 25.9 Å². The van der Waals surface area contributed by atoms with Gasteiger partial charge in [-0.3, -0.25) is 0 Å². The quantitative estimate of drug-likeness (QED) is 0.718. The van der Waals surface area contributed by atoms with Crippen LogP contribution in [0.4, 0.5) is 0 Å². The molecule has 0 spiro atoms. The predicted octanol–water partition coefficient (Wildman–Crippen LogP) is 0.651. The van der Waals surface area contributed by atoms with Gasteiger partial charge in [0.15, 0.2) is 0 Å². The number of rotatable bonds is 7. The molecular formula is C10H18N2O3S. The van der Waals surface area contributed by atoms with Gasteiger partial charge in [0.05, 0.1) is 18.3 Å². The van der Waals surface area contributed by atoms with E-state index in [-0.39, 0.29) is 5.75 Å². The van der Waals surface area contributed by atoms with Crippen molar-refractivity contribution in [3.05, 3.63) is 24.2 Å². The number of hydrogen-bond acceptors (Lipinski definition) is 4. The molecule has 0 aliphatic heterocycles. The van der Waals surface area contributed by atoms with Gasteiger partial charge < -0.3 is 9.73 Å². The van der Waals surface area contributed by atoms with Crippen LogP contribution in [-0.4, -0.2) is 38.6 Å². The van der Waals surface area contributed by atoms with Gasteiger partial charge in [-0.1, -0.05) is 6.92 Å². The van der Waals surface area contributed by atoms with Gasteiger partial charge in [0.1, 0.15) is 0 Å². The first-order valence-electron chi connectivity index (χ1n) is 5.22. The molecule has 0 saturated carbocycles. The fourth-order valence-corrected chi connectivity index (χ4v) is 2.33. The van der Waals surface area contributed by atoms with Gasteiger partial charge >= 0.3 is 0 Å². The molecule has 6 heteroatoms. The Labute approximate surface area is 96.5 Å². The first kappa shape index (κ1) is 13.2. The Morgan fingerprint density at radius 3 is 2.81 bits per heavy atom. The Balaban J connectivity index is 2.48.